The minimum absolute atomic E-state index is 0.148. The van der Waals surface area contributed by atoms with Crippen LogP contribution in [0.4, 0.5) is 5.69 Å². The van der Waals surface area contributed by atoms with E-state index in [1.807, 2.05) is 0 Å². The van der Waals surface area contributed by atoms with E-state index in [2.05, 4.69) is 24.2 Å². The molecule has 5 heteroatoms. The number of nitrogens with two attached hydrogens (primary N) is 1. The molecule has 1 aliphatic rings. The summed E-state index contributed by atoms with van der Waals surface area (Å²) in [5.74, 6) is -0.148. The maximum Gasteiger partial charge on any atom is 0.253 e. The Kier molecular flexibility index (Phi) is 4.32. The molecule has 3 N–H and O–H groups in total. The quantitative estimate of drug-likeness (QED) is 0.813. The van der Waals surface area contributed by atoms with Crippen molar-refractivity contribution < 1.29 is 4.79 Å². The van der Waals surface area contributed by atoms with Gasteiger partial charge in [0.05, 0.1) is 5.56 Å². The zero-order valence-corrected chi connectivity index (χ0v) is 12.1. The third-order valence-corrected chi connectivity index (χ3v) is 3.87. The lowest BCUT2D eigenvalue weighted by Gasteiger charge is -2.24. The van der Waals surface area contributed by atoms with E-state index >= 15 is 0 Å². The summed E-state index contributed by atoms with van der Waals surface area (Å²) >= 11 is 5.81. The fourth-order valence-corrected chi connectivity index (χ4v) is 2.24. The average molecular weight is 282 g/mol. The van der Waals surface area contributed by atoms with Crippen molar-refractivity contribution in [2.24, 2.45) is 0 Å². The normalized spacial score (nSPS) is 16.4. The number of carbonyl (C=O) groups excluding carboxylic acids is 1. The van der Waals surface area contributed by atoms with Crippen LogP contribution in [0.25, 0.3) is 0 Å². The predicted molar refractivity (Wildman–Crippen MR) is 78.4 cm³/mol. The molecule has 0 spiro atoms. The topological polar surface area (TPSA) is 58.4 Å². The van der Waals surface area contributed by atoms with Gasteiger partial charge >= 0.3 is 0 Å². The number of nitrogens with zero attached hydrogens (tertiary/aromatic N) is 1. The van der Waals surface area contributed by atoms with Crippen molar-refractivity contribution in [3.8, 4) is 0 Å². The first-order valence-electron chi connectivity index (χ1n) is 6.54. The Balaban J connectivity index is 1.89. The highest BCUT2D eigenvalue weighted by Gasteiger charge is 2.29. The van der Waals surface area contributed by atoms with Gasteiger partial charge in [0.2, 0.25) is 0 Å². The summed E-state index contributed by atoms with van der Waals surface area (Å²) in [4.78, 5) is 14.3. The number of halogens is 1. The van der Waals surface area contributed by atoms with Crippen LogP contribution in [-0.2, 0) is 0 Å². The number of hydrogen-bond acceptors (Lipinski definition) is 3. The molecule has 1 amide bonds. The summed E-state index contributed by atoms with van der Waals surface area (Å²) in [6.45, 7) is 2.73. The molecule has 1 aliphatic carbocycles. The lowest BCUT2D eigenvalue weighted by Crippen LogP contribution is -2.41. The first kappa shape index (κ1) is 14.2. The van der Waals surface area contributed by atoms with Crippen molar-refractivity contribution in [1.29, 1.82) is 0 Å². The molecule has 0 saturated heterocycles. The van der Waals surface area contributed by atoms with Crippen LogP contribution in [0.5, 0.6) is 0 Å². The highest BCUT2D eigenvalue weighted by molar-refractivity contribution is 6.31. The summed E-state index contributed by atoms with van der Waals surface area (Å²) in [5.41, 5.74) is 6.68. The van der Waals surface area contributed by atoms with Gasteiger partial charge in [-0.15, -0.1) is 0 Å². The molecule has 1 saturated carbocycles. The van der Waals surface area contributed by atoms with Crippen LogP contribution in [0.2, 0.25) is 5.02 Å². The SMILES string of the molecule is CC(CNC(=O)c1ccc(Cl)cc1N)N(C)C1CC1. The molecule has 0 bridgehead atoms. The molecule has 0 heterocycles. The number of likely N-dealkylation sites (N-methyl/N-ethyl adjacent to an activating group) is 1. The van der Waals surface area contributed by atoms with E-state index in [-0.39, 0.29) is 5.91 Å². The number of benzene rings is 1. The zero-order valence-electron chi connectivity index (χ0n) is 11.3. The maximum absolute atomic E-state index is 12.0. The number of carbonyl (C=O) groups is 1. The van der Waals surface area contributed by atoms with Crippen molar-refractivity contribution in [3.05, 3.63) is 28.8 Å². The Morgan fingerprint density at radius 1 is 1.58 bits per heavy atom. The molecular formula is C14H20ClN3O. The van der Waals surface area contributed by atoms with Gasteiger partial charge in [0.1, 0.15) is 0 Å². The predicted octanol–water partition coefficient (Wildman–Crippen LogP) is 2.13. The molecule has 2 rings (SSSR count). The molecular weight excluding hydrogens is 262 g/mol. The Bertz CT molecular complexity index is 474. The van der Waals surface area contributed by atoms with Gasteiger partial charge < -0.3 is 11.1 Å². The fraction of sp³-hybridized carbons (Fsp3) is 0.500. The van der Waals surface area contributed by atoms with E-state index in [0.717, 1.165) is 0 Å². The number of nitrogen functional groups attached to an aromatic ring is 1. The first-order valence-corrected chi connectivity index (χ1v) is 6.92. The van der Waals surface area contributed by atoms with Crippen LogP contribution in [0.15, 0.2) is 18.2 Å². The number of rotatable bonds is 5. The fourth-order valence-electron chi connectivity index (χ4n) is 2.06. The van der Waals surface area contributed by atoms with Crippen LogP contribution >= 0.6 is 11.6 Å². The third kappa shape index (κ3) is 3.61. The lowest BCUT2D eigenvalue weighted by molar-refractivity contribution is 0.0940. The van der Waals surface area contributed by atoms with Gasteiger partial charge in [-0.25, -0.2) is 0 Å². The van der Waals surface area contributed by atoms with Crippen LogP contribution in [-0.4, -0.2) is 36.5 Å². The number of anilines is 1. The molecule has 0 aromatic heterocycles. The maximum atomic E-state index is 12.0. The highest BCUT2D eigenvalue weighted by Crippen LogP contribution is 2.26. The second-order valence-electron chi connectivity index (χ2n) is 5.19. The van der Waals surface area contributed by atoms with Crippen molar-refractivity contribution in [2.75, 3.05) is 19.3 Å². The Morgan fingerprint density at radius 3 is 2.84 bits per heavy atom. The molecule has 104 valence electrons. The van der Waals surface area contributed by atoms with Crippen LogP contribution in [0, 0.1) is 0 Å². The monoisotopic (exact) mass is 281 g/mol. The standard InChI is InChI=1S/C14H20ClN3O/c1-9(18(2)11-4-5-11)8-17-14(19)12-6-3-10(15)7-13(12)16/h3,6-7,9,11H,4-5,8,16H2,1-2H3,(H,17,19). The third-order valence-electron chi connectivity index (χ3n) is 3.63. The van der Waals surface area contributed by atoms with E-state index < -0.39 is 0 Å². The highest BCUT2D eigenvalue weighted by atomic mass is 35.5. The Hall–Kier alpha value is -1.26. The van der Waals surface area contributed by atoms with Gasteiger partial charge in [-0.1, -0.05) is 11.6 Å². The zero-order chi connectivity index (χ0) is 14.0. The summed E-state index contributed by atoms with van der Waals surface area (Å²) in [7, 11) is 2.10. The molecule has 1 aromatic carbocycles. The van der Waals surface area contributed by atoms with E-state index in [1.165, 1.54) is 12.8 Å². The van der Waals surface area contributed by atoms with E-state index in [0.29, 0.717) is 34.9 Å². The van der Waals surface area contributed by atoms with E-state index in [1.54, 1.807) is 18.2 Å². The molecule has 1 fully saturated rings. The summed E-state index contributed by atoms with van der Waals surface area (Å²) in [6.07, 6.45) is 2.53. The number of hydrogen-bond donors (Lipinski definition) is 2. The largest absolute Gasteiger partial charge is 0.398 e. The summed E-state index contributed by atoms with van der Waals surface area (Å²) < 4.78 is 0. The van der Waals surface area contributed by atoms with Crippen molar-refractivity contribution >= 4 is 23.2 Å². The molecule has 1 atom stereocenters. The second kappa shape index (κ2) is 5.80. The molecule has 0 aliphatic heterocycles. The second-order valence-corrected chi connectivity index (χ2v) is 5.62. The minimum atomic E-state index is -0.148. The molecule has 1 aromatic rings. The summed E-state index contributed by atoms with van der Waals surface area (Å²) in [5, 5.41) is 3.46. The van der Waals surface area contributed by atoms with Gasteiger partial charge in [-0.3, -0.25) is 9.69 Å². The van der Waals surface area contributed by atoms with Crippen molar-refractivity contribution in [1.82, 2.24) is 10.2 Å². The first-order chi connectivity index (χ1) is 8.99. The molecule has 1 unspecified atom stereocenters. The molecule has 19 heavy (non-hydrogen) atoms. The van der Waals surface area contributed by atoms with Crippen molar-refractivity contribution in [2.45, 2.75) is 31.8 Å². The van der Waals surface area contributed by atoms with Gasteiger partial charge in [-0.05, 0) is 45.0 Å². The van der Waals surface area contributed by atoms with E-state index in [9.17, 15) is 4.79 Å². The molecule has 4 nitrogen and oxygen atoms in total. The number of amides is 1. The van der Waals surface area contributed by atoms with Gasteiger partial charge in [0, 0.05) is 29.3 Å². The Labute approximate surface area is 118 Å². The Morgan fingerprint density at radius 2 is 2.26 bits per heavy atom. The number of nitrogens with one attached hydrogen (secondary N) is 1. The van der Waals surface area contributed by atoms with Gasteiger partial charge in [0.15, 0.2) is 0 Å². The van der Waals surface area contributed by atoms with Crippen LogP contribution in [0.1, 0.15) is 30.1 Å². The van der Waals surface area contributed by atoms with Gasteiger partial charge in [-0.2, -0.15) is 0 Å². The van der Waals surface area contributed by atoms with Gasteiger partial charge in [0.25, 0.3) is 5.91 Å². The van der Waals surface area contributed by atoms with Crippen molar-refractivity contribution in [3.63, 3.8) is 0 Å². The molecule has 0 radical (unpaired) electrons. The summed E-state index contributed by atoms with van der Waals surface area (Å²) in [6, 6.07) is 5.93. The average Bonchev–Trinajstić information content (AvgIpc) is 3.18. The van der Waals surface area contributed by atoms with Crippen LogP contribution in [0.3, 0.4) is 0 Å². The lowest BCUT2D eigenvalue weighted by atomic mass is 10.1. The van der Waals surface area contributed by atoms with E-state index in [4.69, 9.17) is 17.3 Å². The van der Waals surface area contributed by atoms with Crippen LogP contribution < -0.4 is 11.1 Å². The minimum Gasteiger partial charge on any atom is -0.398 e. The smallest absolute Gasteiger partial charge is 0.253 e.